The van der Waals surface area contributed by atoms with Crippen LogP contribution in [0.1, 0.15) is 25.3 Å². The highest BCUT2D eigenvalue weighted by Gasteiger charge is 2.14. The normalized spacial score (nSPS) is 10.9. The van der Waals surface area contributed by atoms with Gasteiger partial charge in [-0.15, -0.1) is 0 Å². The molecule has 6 nitrogen and oxygen atoms in total. The number of para-hydroxylation sites is 2. The SMILES string of the molecule is CCCCNc1nc(Nc2ccccc2C)c2cnn(-c3ccccc3)c2n1. The second kappa shape index (κ2) is 8.08. The number of unbranched alkanes of at least 4 members (excludes halogenated alkanes) is 1. The van der Waals surface area contributed by atoms with E-state index in [1.807, 2.05) is 53.3 Å². The van der Waals surface area contributed by atoms with Crippen LogP contribution in [-0.2, 0) is 0 Å². The van der Waals surface area contributed by atoms with Gasteiger partial charge in [0.05, 0.1) is 17.3 Å². The van der Waals surface area contributed by atoms with E-state index in [1.165, 1.54) is 0 Å². The summed E-state index contributed by atoms with van der Waals surface area (Å²) in [5.41, 5.74) is 3.92. The van der Waals surface area contributed by atoms with Crippen LogP contribution >= 0.6 is 0 Å². The number of anilines is 3. The van der Waals surface area contributed by atoms with Crippen LogP contribution in [0.4, 0.5) is 17.5 Å². The molecule has 4 rings (SSSR count). The van der Waals surface area contributed by atoms with Gasteiger partial charge >= 0.3 is 0 Å². The first-order valence-electron chi connectivity index (χ1n) is 9.64. The molecule has 0 aliphatic rings. The minimum absolute atomic E-state index is 0.606. The van der Waals surface area contributed by atoms with E-state index >= 15 is 0 Å². The van der Waals surface area contributed by atoms with Gasteiger partial charge in [-0.25, -0.2) is 4.68 Å². The lowest BCUT2D eigenvalue weighted by Gasteiger charge is -2.12. The Bertz CT molecular complexity index is 1070. The number of nitrogens with zero attached hydrogens (tertiary/aromatic N) is 4. The standard InChI is InChI=1S/C22H24N6/c1-3-4-14-23-22-26-20(25-19-13-9-8-10-16(19)2)18-15-24-28(21(18)27-22)17-11-6-5-7-12-17/h5-13,15H,3-4,14H2,1-2H3,(H2,23,25,26,27). The fraction of sp³-hybridized carbons (Fsp3) is 0.227. The monoisotopic (exact) mass is 372 g/mol. The zero-order chi connectivity index (χ0) is 19.3. The van der Waals surface area contributed by atoms with E-state index in [2.05, 4.69) is 41.7 Å². The highest BCUT2D eigenvalue weighted by Crippen LogP contribution is 2.28. The van der Waals surface area contributed by atoms with Crippen molar-refractivity contribution in [2.45, 2.75) is 26.7 Å². The second-order valence-electron chi connectivity index (χ2n) is 6.75. The van der Waals surface area contributed by atoms with Gasteiger partial charge in [-0.05, 0) is 37.1 Å². The van der Waals surface area contributed by atoms with Crippen molar-refractivity contribution in [2.75, 3.05) is 17.2 Å². The Hall–Kier alpha value is -3.41. The topological polar surface area (TPSA) is 67.7 Å². The Labute approximate surface area is 164 Å². The summed E-state index contributed by atoms with van der Waals surface area (Å²) in [6.45, 7) is 5.08. The molecule has 0 amide bonds. The summed E-state index contributed by atoms with van der Waals surface area (Å²) in [6.07, 6.45) is 4.00. The molecular formula is C22H24N6. The van der Waals surface area contributed by atoms with Gasteiger partial charge < -0.3 is 10.6 Å². The minimum Gasteiger partial charge on any atom is -0.354 e. The Morgan fingerprint density at radius 3 is 2.54 bits per heavy atom. The van der Waals surface area contributed by atoms with Gasteiger partial charge in [0, 0.05) is 12.2 Å². The largest absolute Gasteiger partial charge is 0.354 e. The molecule has 0 aliphatic carbocycles. The summed E-state index contributed by atoms with van der Waals surface area (Å²) in [7, 11) is 0. The lowest BCUT2D eigenvalue weighted by Crippen LogP contribution is -2.08. The third-order valence-electron chi connectivity index (χ3n) is 4.64. The third-order valence-corrected chi connectivity index (χ3v) is 4.64. The Balaban J connectivity index is 1.80. The average Bonchev–Trinajstić information content (AvgIpc) is 3.15. The number of aromatic nitrogens is 4. The maximum atomic E-state index is 4.75. The minimum atomic E-state index is 0.606. The second-order valence-corrected chi connectivity index (χ2v) is 6.75. The lowest BCUT2D eigenvalue weighted by molar-refractivity contribution is 0.826. The molecule has 0 bridgehead atoms. The van der Waals surface area contributed by atoms with Crippen molar-refractivity contribution < 1.29 is 0 Å². The van der Waals surface area contributed by atoms with Gasteiger partial charge in [0.2, 0.25) is 5.95 Å². The molecule has 4 aromatic rings. The number of hydrogen-bond donors (Lipinski definition) is 2. The van der Waals surface area contributed by atoms with E-state index in [9.17, 15) is 0 Å². The number of hydrogen-bond acceptors (Lipinski definition) is 5. The molecule has 28 heavy (non-hydrogen) atoms. The predicted molar refractivity (Wildman–Crippen MR) is 115 cm³/mol. The van der Waals surface area contributed by atoms with Crippen molar-refractivity contribution in [1.82, 2.24) is 19.7 Å². The van der Waals surface area contributed by atoms with Crippen LogP contribution in [0.3, 0.4) is 0 Å². The third kappa shape index (κ3) is 3.67. The average molecular weight is 372 g/mol. The van der Waals surface area contributed by atoms with E-state index in [4.69, 9.17) is 9.97 Å². The van der Waals surface area contributed by atoms with E-state index in [-0.39, 0.29) is 0 Å². The van der Waals surface area contributed by atoms with E-state index in [1.54, 1.807) is 0 Å². The van der Waals surface area contributed by atoms with Crippen LogP contribution < -0.4 is 10.6 Å². The molecule has 0 fully saturated rings. The molecule has 2 aromatic heterocycles. The molecule has 142 valence electrons. The van der Waals surface area contributed by atoms with Gasteiger partial charge in [-0.2, -0.15) is 15.1 Å². The molecule has 0 saturated heterocycles. The first-order valence-corrected chi connectivity index (χ1v) is 9.64. The summed E-state index contributed by atoms with van der Waals surface area (Å²) < 4.78 is 1.85. The molecule has 2 N–H and O–H groups in total. The van der Waals surface area contributed by atoms with Crippen LogP contribution in [0.15, 0.2) is 60.8 Å². The van der Waals surface area contributed by atoms with Crippen LogP contribution in [0.25, 0.3) is 16.7 Å². The van der Waals surface area contributed by atoms with Gasteiger partial charge in [0.1, 0.15) is 5.82 Å². The number of benzene rings is 2. The van der Waals surface area contributed by atoms with Crippen LogP contribution in [0, 0.1) is 6.92 Å². The van der Waals surface area contributed by atoms with Gasteiger partial charge in [0.15, 0.2) is 5.65 Å². The van der Waals surface area contributed by atoms with Crippen LogP contribution in [0.5, 0.6) is 0 Å². The first kappa shape index (κ1) is 18.0. The molecule has 0 unspecified atom stereocenters. The summed E-state index contributed by atoms with van der Waals surface area (Å²) in [5.74, 6) is 1.36. The molecule has 0 spiro atoms. The molecule has 2 heterocycles. The molecule has 6 heteroatoms. The fourth-order valence-corrected chi connectivity index (χ4v) is 3.06. The van der Waals surface area contributed by atoms with Crippen molar-refractivity contribution in [2.24, 2.45) is 0 Å². The number of aryl methyl sites for hydroxylation is 1. The summed E-state index contributed by atoms with van der Waals surface area (Å²) >= 11 is 0. The number of fused-ring (bicyclic) bond motifs is 1. The van der Waals surface area contributed by atoms with Crippen LogP contribution in [0.2, 0.25) is 0 Å². The van der Waals surface area contributed by atoms with E-state index in [0.29, 0.717) is 5.95 Å². The van der Waals surface area contributed by atoms with Crippen molar-refractivity contribution >= 4 is 28.5 Å². The van der Waals surface area contributed by atoms with Crippen molar-refractivity contribution in [1.29, 1.82) is 0 Å². The quantitative estimate of drug-likeness (QED) is 0.443. The summed E-state index contributed by atoms with van der Waals surface area (Å²) in [6, 6.07) is 18.2. The van der Waals surface area contributed by atoms with E-state index < -0.39 is 0 Å². The number of rotatable bonds is 7. The maximum Gasteiger partial charge on any atom is 0.226 e. The number of nitrogens with one attached hydrogen (secondary N) is 2. The molecule has 2 aromatic carbocycles. The fourth-order valence-electron chi connectivity index (χ4n) is 3.06. The van der Waals surface area contributed by atoms with Gasteiger partial charge in [-0.1, -0.05) is 49.7 Å². The molecule has 0 saturated carbocycles. The summed E-state index contributed by atoms with van der Waals surface area (Å²) in [5, 5.41) is 12.3. The Morgan fingerprint density at radius 1 is 0.964 bits per heavy atom. The van der Waals surface area contributed by atoms with Crippen LogP contribution in [-0.4, -0.2) is 26.3 Å². The lowest BCUT2D eigenvalue weighted by atomic mass is 10.2. The molecule has 0 radical (unpaired) electrons. The predicted octanol–water partition coefficient (Wildman–Crippen LogP) is 5.08. The van der Waals surface area contributed by atoms with Gasteiger partial charge in [0.25, 0.3) is 0 Å². The Morgan fingerprint density at radius 2 is 1.75 bits per heavy atom. The van der Waals surface area contributed by atoms with Crippen molar-refractivity contribution in [3.8, 4) is 5.69 Å². The first-order chi connectivity index (χ1) is 13.8. The molecule has 0 atom stereocenters. The van der Waals surface area contributed by atoms with Gasteiger partial charge in [-0.3, -0.25) is 0 Å². The van der Waals surface area contributed by atoms with Crippen molar-refractivity contribution in [3.63, 3.8) is 0 Å². The smallest absolute Gasteiger partial charge is 0.226 e. The molecule has 0 aliphatic heterocycles. The zero-order valence-corrected chi connectivity index (χ0v) is 16.2. The molecular weight excluding hydrogens is 348 g/mol. The highest BCUT2D eigenvalue weighted by atomic mass is 15.3. The maximum absolute atomic E-state index is 4.75. The van der Waals surface area contributed by atoms with Crippen molar-refractivity contribution in [3.05, 3.63) is 66.4 Å². The highest BCUT2D eigenvalue weighted by molar-refractivity contribution is 5.90. The zero-order valence-electron chi connectivity index (χ0n) is 16.2. The summed E-state index contributed by atoms with van der Waals surface area (Å²) in [4.78, 5) is 9.48. The van der Waals surface area contributed by atoms with E-state index in [0.717, 1.165) is 53.2 Å². The Kier molecular flexibility index (Phi) is 5.19.